The Balaban J connectivity index is 0.000000885. The molecule has 120 valence electrons. The van der Waals surface area contributed by atoms with E-state index in [1.54, 1.807) is 7.11 Å². The van der Waals surface area contributed by atoms with Crippen molar-refractivity contribution >= 4 is 17.7 Å². The molecule has 0 radical (unpaired) electrons. The first-order valence-electron chi connectivity index (χ1n) is 7.38. The molecule has 1 rings (SSSR count). The third-order valence-corrected chi connectivity index (χ3v) is 3.46. The molecule has 0 atom stereocenters. The largest absolute Gasteiger partial charge is 0.506 e. The smallest absolute Gasteiger partial charge is 0.140 e. The fourth-order valence-corrected chi connectivity index (χ4v) is 2.22. The second kappa shape index (κ2) is 10.6. The maximum atomic E-state index is 10.0. The Morgan fingerprint density at radius 1 is 1.33 bits per heavy atom. The van der Waals surface area contributed by atoms with Crippen molar-refractivity contribution in [2.24, 2.45) is 11.7 Å². The molecule has 0 saturated carbocycles. The van der Waals surface area contributed by atoms with Crippen LogP contribution in [-0.2, 0) is 10.6 Å². The van der Waals surface area contributed by atoms with Crippen molar-refractivity contribution in [1.29, 1.82) is 0 Å². The van der Waals surface area contributed by atoms with Gasteiger partial charge in [0.1, 0.15) is 5.75 Å². The van der Waals surface area contributed by atoms with Crippen LogP contribution in [0.25, 0.3) is 5.70 Å². The maximum absolute atomic E-state index is 10.0. The summed E-state index contributed by atoms with van der Waals surface area (Å²) in [5.41, 5.74) is 7.75. The molecule has 0 fully saturated rings. The number of hydrogen-bond acceptors (Lipinski definition) is 4. The number of rotatable bonds is 6. The summed E-state index contributed by atoms with van der Waals surface area (Å²) in [4.78, 5) is 0.673. The molecule has 0 aliphatic heterocycles. The SMILES string of the molecule is C=C(N)c1cc(CC(C)C)cc(SOC)c1O.CCCC. The van der Waals surface area contributed by atoms with Crippen molar-refractivity contribution in [3.8, 4) is 5.75 Å². The highest BCUT2D eigenvalue weighted by atomic mass is 32.2. The summed E-state index contributed by atoms with van der Waals surface area (Å²) in [5, 5.41) is 10.0. The topological polar surface area (TPSA) is 55.5 Å². The Labute approximate surface area is 133 Å². The van der Waals surface area contributed by atoms with Gasteiger partial charge in [0.2, 0.25) is 0 Å². The van der Waals surface area contributed by atoms with Gasteiger partial charge >= 0.3 is 0 Å². The van der Waals surface area contributed by atoms with Crippen molar-refractivity contribution in [3.63, 3.8) is 0 Å². The average molecular weight is 311 g/mol. The van der Waals surface area contributed by atoms with Crippen LogP contribution in [0.4, 0.5) is 0 Å². The summed E-state index contributed by atoms with van der Waals surface area (Å²) < 4.78 is 4.99. The Morgan fingerprint density at radius 3 is 2.29 bits per heavy atom. The quantitative estimate of drug-likeness (QED) is 0.727. The van der Waals surface area contributed by atoms with Crippen molar-refractivity contribution in [3.05, 3.63) is 29.8 Å². The molecule has 4 heteroatoms. The average Bonchev–Trinajstić information content (AvgIpc) is 2.41. The highest BCUT2D eigenvalue weighted by molar-refractivity contribution is 7.94. The highest BCUT2D eigenvalue weighted by Gasteiger charge is 2.12. The van der Waals surface area contributed by atoms with Gasteiger partial charge in [-0.1, -0.05) is 47.1 Å². The first-order chi connectivity index (χ1) is 9.87. The second-order valence-electron chi connectivity index (χ2n) is 5.36. The molecule has 3 N–H and O–H groups in total. The highest BCUT2D eigenvalue weighted by Crippen LogP contribution is 2.35. The predicted molar refractivity (Wildman–Crippen MR) is 93.3 cm³/mol. The summed E-state index contributed by atoms with van der Waals surface area (Å²) in [6.45, 7) is 12.3. The monoisotopic (exact) mass is 311 g/mol. The fourth-order valence-electron chi connectivity index (χ4n) is 1.65. The van der Waals surface area contributed by atoms with E-state index in [0.29, 0.717) is 22.1 Å². The Kier molecular flexibility index (Phi) is 10.0. The van der Waals surface area contributed by atoms with E-state index in [1.807, 2.05) is 12.1 Å². The number of phenolic OH excluding ortho intramolecular Hbond substituents is 1. The van der Waals surface area contributed by atoms with E-state index in [2.05, 4.69) is 34.3 Å². The summed E-state index contributed by atoms with van der Waals surface area (Å²) in [6, 6.07) is 3.81. The molecule has 0 amide bonds. The number of nitrogens with two attached hydrogens (primary N) is 1. The van der Waals surface area contributed by atoms with E-state index in [-0.39, 0.29) is 5.75 Å². The lowest BCUT2D eigenvalue weighted by atomic mass is 9.99. The van der Waals surface area contributed by atoms with Crippen LogP contribution < -0.4 is 5.73 Å². The van der Waals surface area contributed by atoms with Crippen LogP contribution in [0.3, 0.4) is 0 Å². The van der Waals surface area contributed by atoms with Gasteiger partial charge in [0.05, 0.1) is 12.0 Å². The van der Waals surface area contributed by atoms with Gasteiger partial charge in [-0.3, -0.25) is 0 Å². The molecule has 0 unspecified atom stereocenters. The van der Waals surface area contributed by atoms with E-state index in [0.717, 1.165) is 24.0 Å². The van der Waals surface area contributed by atoms with Gasteiger partial charge in [0, 0.05) is 23.3 Å². The zero-order valence-corrected chi connectivity index (χ0v) is 14.7. The van der Waals surface area contributed by atoms with Crippen LogP contribution in [-0.4, -0.2) is 12.2 Å². The third kappa shape index (κ3) is 7.44. The van der Waals surface area contributed by atoms with Crippen LogP contribution in [0.5, 0.6) is 5.75 Å². The first kappa shape index (κ1) is 19.9. The van der Waals surface area contributed by atoms with E-state index in [4.69, 9.17) is 9.92 Å². The van der Waals surface area contributed by atoms with Gasteiger partial charge in [0.25, 0.3) is 0 Å². The molecular weight excluding hydrogens is 282 g/mol. The van der Waals surface area contributed by atoms with E-state index < -0.39 is 0 Å². The molecule has 0 aliphatic carbocycles. The van der Waals surface area contributed by atoms with Crippen LogP contribution in [0.1, 0.15) is 51.7 Å². The molecule has 1 aromatic carbocycles. The minimum Gasteiger partial charge on any atom is -0.506 e. The molecule has 3 nitrogen and oxygen atoms in total. The fraction of sp³-hybridized carbons (Fsp3) is 0.529. The lowest BCUT2D eigenvalue weighted by Gasteiger charge is -2.13. The molecule has 0 heterocycles. The standard InChI is InChI=1S/C13H19NO2S.C4H10/c1-8(2)5-10-6-11(9(3)14)13(15)12(7-10)17-16-4;1-3-4-2/h6-8,15H,3,5,14H2,1-2,4H3;3-4H2,1-2H3. The van der Waals surface area contributed by atoms with Crippen LogP contribution in [0.15, 0.2) is 23.6 Å². The summed E-state index contributed by atoms with van der Waals surface area (Å²) in [7, 11) is 1.57. The van der Waals surface area contributed by atoms with Gasteiger partial charge in [-0.2, -0.15) is 0 Å². The third-order valence-electron chi connectivity index (χ3n) is 2.80. The summed E-state index contributed by atoms with van der Waals surface area (Å²) in [5.74, 6) is 0.677. The van der Waals surface area contributed by atoms with Gasteiger partial charge in [0.15, 0.2) is 0 Å². The number of benzene rings is 1. The van der Waals surface area contributed by atoms with Gasteiger partial charge < -0.3 is 15.0 Å². The first-order valence-corrected chi connectivity index (χ1v) is 8.12. The van der Waals surface area contributed by atoms with Crippen molar-refractivity contribution < 1.29 is 9.29 Å². The van der Waals surface area contributed by atoms with E-state index in [9.17, 15) is 5.11 Å². The zero-order chi connectivity index (χ0) is 16.4. The summed E-state index contributed by atoms with van der Waals surface area (Å²) >= 11 is 1.13. The molecule has 0 saturated heterocycles. The van der Waals surface area contributed by atoms with Crippen molar-refractivity contribution in [2.75, 3.05) is 7.11 Å². The molecule has 21 heavy (non-hydrogen) atoms. The molecule has 0 aliphatic rings. The van der Waals surface area contributed by atoms with Crippen molar-refractivity contribution in [1.82, 2.24) is 0 Å². The minimum absolute atomic E-state index is 0.136. The minimum atomic E-state index is 0.136. The van der Waals surface area contributed by atoms with Crippen LogP contribution in [0.2, 0.25) is 0 Å². The number of phenols is 1. The van der Waals surface area contributed by atoms with Crippen molar-refractivity contribution in [2.45, 2.75) is 51.9 Å². The maximum Gasteiger partial charge on any atom is 0.140 e. The number of unbranched alkanes of at least 4 members (excludes halogenated alkanes) is 1. The number of aromatic hydroxyl groups is 1. The van der Waals surface area contributed by atoms with Gasteiger partial charge in [-0.15, -0.1) is 0 Å². The molecule has 0 bridgehead atoms. The lowest BCUT2D eigenvalue weighted by molar-refractivity contribution is 0.451. The number of hydrogen-bond donors (Lipinski definition) is 2. The molecule has 0 aromatic heterocycles. The Hall–Kier alpha value is -1.13. The Bertz CT molecular complexity index is 443. The normalized spacial score (nSPS) is 10.2. The molecule has 1 aromatic rings. The van der Waals surface area contributed by atoms with Gasteiger partial charge in [-0.05, 0) is 30.0 Å². The van der Waals surface area contributed by atoms with E-state index in [1.165, 1.54) is 12.8 Å². The van der Waals surface area contributed by atoms with E-state index >= 15 is 0 Å². The molecular formula is C17H29NO2S. The molecule has 0 spiro atoms. The zero-order valence-electron chi connectivity index (χ0n) is 13.9. The van der Waals surface area contributed by atoms with Crippen LogP contribution >= 0.6 is 12.0 Å². The Morgan fingerprint density at radius 2 is 1.90 bits per heavy atom. The van der Waals surface area contributed by atoms with Gasteiger partial charge in [-0.25, -0.2) is 0 Å². The van der Waals surface area contributed by atoms with Crippen LogP contribution in [0, 0.1) is 5.92 Å². The second-order valence-corrected chi connectivity index (χ2v) is 6.30. The summed E-state index contributed by atoms with van der Waals surface area (Å²) in [6.07, 6.45) is 3.57. The lowest BCUT2D eigenvalue weighted by Crippen LogP contribution is -2.00. The predicted octanol–water partition coefficient (Wildman–Crippen LogP) is 4.98.